The molecule has 1 aliphatic carbocycles. The molecule has 3 rings (SSSR count). The van der Waals surface area contributed by atoms with E-state index in [2.05, 4.69) is 0 Å². The number of aliphatic hydroxyl groups excluding tert-OH is 1. The number of esters is 2. The van der Waals surface area contributed by atoms with E-state index < -0.39 is 36.4 Å². The smallest absolute Gasteiger partial charge is 0.357 e. The number of β-lactam (4-membered cyclic amide) rings is 1. The molecule has 1 amide bonds. The highest BCUT2D eigenvalue weighted by molar-refractivity contribution is 6.01. The number of nitrogens with zero attached hydrogens (tertiary/aromatic N) is 1. The van der Waals surface area contributed by atoms with Crippen molar-refractivity contribution in [3.05, 3.63) is 11.3 Å². The fraction of sp³-hybridized carbons (Fsp3) is 0.750. The van der Waals surface area contributed by atoms with Gasteiger partial charge in [0.15, 0.2) is 5.60 Å². The Bertz CT molecular complexity index is 728. The van der Waals surface area contributed by atoms with Crippen LogP contribution in [0.3, 0.4) is 0 Å². The first-order chi connectivity index (χ1) is 13.7. The van der Waals surface area contributed by atoms with Crippen LogP contribution < -0.4 is 0 Å². The molecular weight excluding hydrogens is 382 g/mol. The van der Waals surface area contributed by atoms with Crippen LogP contribution in [-0.2, 0) is 33.3 Å². The van der Waals surface area contributed by atoms with E-state index in [1.807, 2.05) is 0 Å². The summed E-state index contributed by atoms with van der Waals surface area (Å²) < 4.78 is 20.7. The number of hydrogen-bond donors (Lipinski definition) is 1. The van der Waals surface area contributed by atoms with Gasteiger partial charge in [0.05, 0.1) is 24.2 Å². The van der Waals surface area contributed by atoms with Gasteiger partial charge < -0.3 is 29.0 Å². The number of aliphatic hydroxyl groups is 1. The van der Waals surface area contributed by atoms with E-state index in [1.165, 1.54) is 25.9 Å². The molecule has 1 saturated carbocycles. The van der Waals surface area contributed by atoms with Gasteiger partial charge in [0.1, 0.15) is 5.70 Å². The Morgan fingerprint density at radius 1 is 1.24 bits per heavy atom. The lowest BCUT2D eigenvalue weighted by Crippen LogP contribution is -2.64. The van der Waals surface area contributed by atoms with Gasteiger partial charge in [0.25, 0.3) is 0 Å². The van der Waals surface area contributed by atoms with Crippen molar-refractivity contribution in [3.8, 4) is 0 Å². The molecule has 3 aliphatic rings. The molecule has 2 heterocycles. The van der Waals surface area contributed by atoms with Crippen LogP contribution in [0.1, 0.15) is 40.0 Å². The van der Waals surface area contributed by atoms with E-state index >= 15 is 0 Å². The molecule has 0 aromatic heterocycles. The molecule has 5 atom stereocenters. The SMILES string of the molecule is CO[C@H]1CCC[C@H]2C1=C(C(=O)OCOC(=O)C(C)(C)OC)N1C(=O)[C@H](C(C)O)[C@@H]21. The van der Waals surface area contributed by atoms with E-state index in [4.69, 9.17) is 18.9 Å². The van der Waals surface area contributed by atoms with Crippen molar-refractivity contribution in [1.29, 1.82) is 0 Å². The van der Waals surface area contributed by atoms with E-state index in [1.54, 1.807) is 14.0 Å². The molecule has 162 valence electrons. The Morgan fingerprint density at radius 3 is 2.52 bits per heavy atom. The molecule has 1 N–H and O–H groups in total. The predicted octanol–water partition coefficient (Wildman–Crippen LogP) is 0.746. The van der Waals surface area contributed by atoms with Gasteiger partial charge in [-0.3, -0.25) is 4.79 Å². The Balaban J connectivity index is 1.79. The average molecular weight is 411 g/mol. The molecule has 29 heavy (non-hydrogen) atoms. The lowest BCUT2D eigenvalue weighted by atomic mass is 9.72. The Kier molecular flexibility index (Phi) is 6.03. The Labute approximate surface area is 169 Å². The number of hydrogen-bond acceptors (Lipinski definition) is 8. The highest BCUT2D eigenvalue weighted by Crippen LogP contribution is 2.52. The van der Waals surface area contributed by atoms with Crippen LogP contribution in [0.25, 0.3) is 0 Å². The molecule has 2 aliphatic heterocycles. The number of methoxy groups -OCH3 is 2. The van der Waals surface area contributed by atoms with E-state index in [-0.39, 0.29) is 29.7 Å². The first-order valence-electron chi connectivity index (χ1n) is 9.83. The topological polar surface area (TPSA) is 112 Å². The van der Waals surface area contributed by atoms with Crippen LogP contribution in [-0.4, -0.2) is 72.7 Å². The summed E-state index contributed by atoms with van der Waals surface area (Å²) >= 11 is 0. The maximum atomic E-state index is 12.9. The number of fused-ring (bicyclic) bond motifs is 3. The monoisotopic (exact) mass is 411 g/mol. The van der Waals surface area contributed by atoms with Crippen LogP contribution in [0, 0.1) is 11.8 Å². The Morgan fingerprint density at radius 2 is 1.93 bits per heavy atom. The van der Waals surface area contributed by atoms with Gasteiger partial charge in [-0.2, -0.15) is 0 Å². The zero-order valence-corrected chi connectivity index (χ0v) is 17.5. The lowest BCUT2D eigenvalue weighted by molar-refractivity contribution is -0.182. The van der Waals surface area contributed by atoms with Crippen LogP contribution in [0.5, 0.6) is 0 Å². The summed E-state index contributed by atoms with van der Waals surface area (Å²) in [6.07, 6.45) is 1.36. The van der Waals surface area contributed by atoms with Gasteiger partial charge >= 0.3 is 11.9 Å². The summed E-state index contributed by atoms with van der Waals surface area (Å²) in [7, 11) is 2.95. The number of ether oxygens (including phenoxy) is 4. The highest BCUT2D eigenvalue weighted by atomic mass is 16.7. The molecular formula is C20H29NO8. The minimum Gasteiger partial charge on any atom is -0.426 e. The second-order valence-corrected chi connectivity index (χ2v) is 8.23. The molecule has 0 spiro atoms. The van der Waals surface area contributed by atoms with Crippen molar-refractivity contribution < 1.29 is 38.4 Å². The minimum absolute atomic E-state index is 0.0523. The highest BCUT2D eigenvalue weighted by Gasteiger charge is 2.62. The van der Waals surface area contributed by atoms with E-state index in [9.17, 15) is 19.5 Å². The average Bonchev–Trinajstić information content (AvgIpc) is 2.97. The minimum atomic E-state index is -1.17. The fourth-order valence-electron chi connectivity index (χ4n) is 4.53. The third-order valence-electron chi connectivity index (χ3n) is 6.22. The van der Waals surface area contributed by atoms with Crippen molar-refractivity contribution >= 4 is 17.8 Å². The van der Waals surface area contributed by atoms with Gasteiger partial charge in [-0.25, -0.2) is 9.59 Å². The van der Waals surface area contributed by atoms with Crippen LogP contribution in [0.2, 0.25) is 0 Å². The number of rotatable bonds is 7. The van der Waals surface area contributed by atoms with Crippen LogP contribution in [0.15, 0.2) is 11.3 Å². The summed E-state index contributed by atoms with van der Waals surface area (Å²) in [5.74, 6) is -2.31. The van der Waals surface area contributed by atoms with Gasteiger partial charge in [-0.1, -0.05) is 0 Å². The lowest BCUT2D eigenvalue weighted by Gasteiger charge is -2.47. The van der Waals surface area contributed by atoms with Gasteiger partial charge in [-0.05, 0) is 45.6 Å². The number of carbonyl (C=O) groups excluding carboxylic acids is 3. The number of amides is 1. The molecule has 1 unspecified atom stereocenters. The first-order valence-corrected chi connectivity index (χ1v) is 9.83. The second kappa shape index (κ2) is 8.04. The van der Waals surface area contributed by atoms with Crippen LogP contribution in [0.4, 0.5) is 0 Å². The summed E-state index contributed by atoms with van der Waals surface area (Å²) in [6, 6.07) is -0.270. The first kappa shape index (κ1) is 21.7. The maximum absolute atomic E-state index is 12.9. The second-order valence-electron chi connectivity index (χ2n) is 8.23. The fourth-order valence-corrected chi connectivity index (χ4v) is 4.53. The summed E-state index contributed by atoms with van der Waals surface area (Å²) in [5, 5.41) is 10.0. The molecule has 9 nitrogen and oxygen atoms in total. The zero-order chi connectivity index (χ0) is 21.5. The molecule has 0 aromatic carbocycles. The third kappa shape index (κ3) is 3.55. The molecule has 0 aromatic rings. The maximum Gasteiger partial charge on any atom is 0.357 e. The molecule has 2 fully saturated rings. The molecule has 0 radical (unpaired) electrons. The zero-order valence-electron chi connectivity index (χ0n) is 17.5. The van der Waals surface area contributed by atoms with Crippen LogP contribution >= 0.6 is 0 Å². The van der Waals surface area contributed by atoms with Crippen molar-refractivity contribution in [2.45, 2.75) is 63.9 Å². The van der Waals surface area contributed by atoms with Gasteiger partial charge in [-0.15, -0.1) is 0 Å². The van der Waals surface area contributed by atoms with Crippen molar-refractivity contribution in [1.82, 2.24) is 4.90 Å². The van der Waals surface area contributed by atoms with Gasteiger partial charge in [0.2, 0.25) is 12.7 Å². The van der Waals surface area contributed by atoms with Crippen molar-refractivity contribution in [2.24, 2.45) is 11.8 Å². The van der Waals surface area contributed by atoms with Gasteiger partial charge in [0, 0.05) is 20.1 Å². The number of carbonyl (C=O) groups is 3. The van der Waals surface area contributed by atoms with Crippen molar-refractivity contribution in [2.75, 3.05) is 21.0 Å². The molecule has 0 bridgehead atoms. The molecule has 9 heteroatoms. The summed E-state index contributed by atoms with van der Waals surface area (Å²) in [6.45, 7) is 4.07. The van der Waals surface area contributed by atoms with Crippen molar-refractivity contribution in [3.63, 3.8) is 0 Å². The summed E-state index contributed by atoms with van der Waals surface area (Å²) in [5.41, 5.74) is -0.260. The summed E-state index contributed by atoms with van der Waals surface area (Å²) in [4.78, 5) is 38.9. The van der Waals surface area contributed by atoms with E-state index in [0.717, 1.165) is 24.8 Å². The third-order valence-corrected chi connectivity index (χ3v) is 6.22. The largest absolute Gasteiger partial charge is 0.426 e. The standard InChI is InChI=1S/C20H29NO8/c1-10(22)13-15-11-7-6-8-12(26-4)14(11)16(21(15)17(13)23)18(24)28-9-29-19(25)20(2,3)27-5/h10-13,15,22H,6-9H2,1-5H3/t10?,11-,12-,13+,15+/m0/s1. The normalized spacial score (nSPS) is 29.7. The Hall–Kier alpha value is -1.97. The predicted molar refractivity (Wildman–Crippen MR) is 99.1 cm³/mol. The quantitative estimate of drug-likeness (QED) is 0.371. The van der Waals surface area contributed by atoms with E-state index in [0.29, 0.717) is 0 Å². The molecule has 1 saturated heterocycles.